The predicted octanol–water partition coefficient (Wildman–Crippen LogP) is 1.44. The summed E-state index contributed by atoms with van der Waals surface area (Å²) in [5.41, 5.74) is 3.02. The van der Waals surface area contributed by atoms with Crippen LogP contribution in [-0.4, -0.2) is 19.3 Å². The van der Waals surface area contributed by atoms with Gasteiger partial charge in [-0.2, -0.15) is 0 Å². The normalized spacial score (nSPS) is 27.2. The van der Waals surface area contributed by atoms with Gasteiger partial charge in [0.2, 0.25) is 0 Å². The second-order valence-corrected chi connectivity index (χ2v) is 4.76. The second kappa shape index (κ2) is 5.10. The van der Waals surface area contributed by atoms with Crippen LogP contribution >= 0.6 is 0 Å². The third-order valence-corrected chi connectivity index (χ3v) is 3.86. The minimum Gasteiger partial charge on any atom is -0.381 e. The Morgan fingerprint density at radius 3 is 2.43 bits per heavy atom. The Bertz CT molecular complexity index is 165. The molecule has 2 fully saturated rings. The predicted molar refractivity (Wildman–Crippen MR) is 56.6 cm³/mol. The highest BCUT2D eigenvalue weighted by Crippen LogP contribution is 2.33. The third-order valence-electron chi connectivity index (χ3n) is 3.86. The zero-order chi connectivity index (χ0) is 9.80. The van der Waals surface area contributed by atoms with Crippen molar-refractivity contribution >= 4 is 0 Å². The first kappa shape index (κ1) is 10.4. The Morgan fingerprint density at radius 1 is 1.21 bits per heavy atom. The molecule has 1 unspecified atom stereocenters. The van der Waals surface area contributed by atoms with Crippen molar-refractivity contribution in [2.75, 3.05) is 13.2 Å². The molecule has 1 aliphatic carbocycles. The molecule has 2 rings (SSSR count). The molecule has 14 heavy (non-hydrogen) atoms. The molecule has 1 saturated heterocycles. The molecule has 0 radical (unpaired) electrons. The first-order valence-corrected chi connectivity index (χ1v) is 5.94. The molecule has 3 nitrogen and oxygen atoms in total. The lowest BCUT2D eigenvalue weighted by atomic mass is 9.77. The molecule has 82 valence electrons. The maximum absolute atomic E-state index is 5.64. The Morgan fingerprint density at radius 2 is 1.93 bits per heavy atom. The summed E-state index contributed by atoms with van der Waals surface area (Å²) in [6.07, 6.45) is 7.91. The van der Waals surface area contributed by atoms with Crippen LogP contribution in [0.5, 0.6) is 0 Å². The fourth-order valence-corrected chi connectivity index (χ4v) is 2.60. The number of hydrogen-bond donors (Lipinski definition) is 2. The van der Waals surface area contributed by atoms with Gasteiger partial charge in [0, 0.05) is 19.3 Å². The van der Waals surface area contributed by atoms with E-state index in [1.165, 1.54) is 38.5 Å². The summed E-state index contributed by atoms with van der Waals surface area (Å²) in [4.78, 5) is 0. The quantitative estimate of drug-likeness (QED) is 0.531. The summed E-state index contributed by atoms with van der Waals surface area (Å²) in [7, 11) is 0. The van der Waals surface area contributed by atoms with Gasteiger partial charge in [0.1, 0.15) is 0 Å². The number of hydrazine groups is 1. The average molecular weight is 198 g/mol. The van der Waals surface area contributed by atoms with Crippen molar-refractivity contribution in [3.8, 4) is 0 Å². The van der Waals surface area contributed by atoms with Crippen molar-refractivity contribution in [1.82, 2.24) is 5.43 Å². The fraction of sp³-hybridized carbons (Fsp3) is 1.00. The van der Waals surface area contributed by atoms with E-state index in [2.05, 4.69) is 5.43 Å². The van der Waals surface area contributed by atoms with Crippen molar-refractivity contribution in [2.24, 2.45) is 17.7 Å². The average Bonchev–Trinajstić information content (AvgIpc) is 2.18. The Balaban J connectivity index is 1.77. The van der Waals surface area contributed by atoms with E-state index in [1.807, 2.05) is 0 Å². The van der Waals surface area contributed by atoms with Crippen LogP contribution in [0.1, 0.15) is 38.5 Å². The monoisotopic (exact) mass is 198 g/mol. The summed E-state index contributed by atoms with van der Waals surface area (Å²) in [5, 5.41) is 0. The van der Waals surface area contributed by atoms with Gasteiger partial charge in [-0.05, 0) is 31.1 Å². The van der Waals surface area contributed by atoms with Crippen molar-refractivity contribution in [2.45, 2.75) is 44.6 Å². The highest BCUT2D eigenvalue weighted by atomic mass is 16.5. The fourth-order valence-electron chi connectivity index (χ4n) is 2.60. The number of nitrogens with two attached hydrogens (primary N) is 1. The standard InChI is InChI=1S/C11H22N2O/c12-13-11(8-9-2-1-3-9)10-4-6-14-7-5-10/h9-11,13H,1-8,12H2. The second-order valence-electron chi connectivity index (χ2n) is 4.76. The van der Waals surface area contributed by atoms with E-state index in [4.69, 9.17) is 10.6 Å². The maximum atomic E-state index is 5.64. The largest absolute Gasteiger partial charge is 0.381 e. The van der Waals surface area contributed by atoms with E-state index in [9.17, 15) is 0 Å². The van der Waals surface area contributed by atoms with Crippen LogP contribution in [0.3, 0.4) is 0 Å². The van der Waals surface area contributed by atoms with Crippen molar-refractivity contribution in [3.63, 3.8) is 0 Å². The summed E-state index contributed by atoms with van der Waals surface area (Å²) < 4.78 is 5.37. The van der Waals surface area contributed by atoms with Crippen molar-refractivity contribution < 1.29 is 4.74 Å². The molecule has 1 saturated carbocycles. The molecular weight excluding hydrogens is 176 g/mol. The molecule has 3 heteroatoms. The summed E-state index contributed by atoms with van der Waals surface area (Å²) in [6, 6.07) is 0.532. The van der Waals surface area contributed by atoms with Crippen LogP contribution in [0.2, 0.25) is 0 Å². The molecule has 1 heterocycles. The molecule has 0 amide bonds. The van der Waals surface area contributed by atoms with E-state index in [0.717, 1.165) is 25.0 Å². The lowest BCUT2D eigenvalue weighted by Crippen LogP contribution is -2.44. The number of nitrogens with one attached hydrogen (secondary N) is 1. The SMILES string of the molecule is NNC(CC1CCC1)C1CCOCC1. The topological polar surface area (TPSA) is 47.3 Å². The van der Waals surface area contributed by atoms with Gasteiger partial charge in [-0.25, -0.2) is 0 Å². The van der Waals surface area contributed by atoms with Gasteiger partial charge in [-0.1, -0.05) is 19.3 Å². The molecule has 0 spiro atoms. The summed E-state index contributed by atoms with van der Waals surface area (Å²) >= 11 is 0. The van der Waals surface area contributed by atoms with E-state index in [-0.39, 0.29) is 0 Å². The number of rotatable bonds is 4. The van der Waals surface area contributed by atoms with E-state index in [0.29, 0.717) is 6.04 Å². The maximum Gasteiger partial charge on any atom is 0.0469 e. The van der Waals surface area contributed by atoms with E-state index < -0.39 is 0 Å². The van der Waals surface area contributed by atoms with Crippen molar-refractivity contribution in [3.05, 3.63) is 0 Å². The number of ether oxygens (including phenoxy) is 1. The minimum atomic E-state index is 0.532. The minimum absolute atomic E-state index is 0.532. The molecule has 0 bridgehead atoms. The summed E-state index contributed by atoms with van der Waals surface area (Å²) in [5.74, 6) is 7.33. The van der Waals surface area contributed by atoms with Gasteiger partial charge in [0.05, 0.1) is 0 Å². The van der Waals surface area contributed by atoms with E-state index in [1.54, 1.807) is 0 Å². The molecule has 2 aliphatic rings. The molecule has 1 atom stereocenters. The number of hydrogen-bond acceptors (Lipinski definition) is 3. The molecule has 3 N–H and O–H groups in total. The van der Waals surface area contributed by atoms with Crippen LogP contribution in [-0.2, 0) is 4.74 Å². The lowest BCUT2D eigenvalue weighted by molar-refractivity contribution is 0.0476. The first-order valence-electron chi connectivity index (χ1n) is 5.94. The molecule has 0 aromatic rings. The zero-order valence-electron chi connectivity index (χ0n) is 8.87. The van der Waals surface area contributed by atoms with Crippen LogP contribution in [0.4, 0.5) is 0 Å². The zero-order valence-corrected chi connectivity index (χ0v) is 8.87. The third kappa shape index (κ3) is 2.47. The van der Waals surface area contributed by atoms with Gasteiger partial charge in [0.25, 0.3) is 0 Å². The van der Waals surface area contributed by atoms with Gasteiger partial charge in [-0.15, -0.1) is 0 Å². The summed E-state index contributed by atoms with van der Waals surface area (Å²) in [6.45, 7) is 1.85. The van der Waals surface area contributed by atoms with Crippen molar-refractivity contribution in [1.29, 1.82) is 0 Å². The van der Waals surface area contributed by atoms with Crippen LogP contribution in [0.25, 0.3) is 0 Å². The molecular formula is C11H22N2O. The molecule has 0 aromatic carbocycles. The molecule has 0 aromatic heterocycles. The smallest absolute Gasteiger partial charge is 0.0469 e. The van der Waals surface area contributed by atoms with Crippen LogP contribution in [0.15, 0.2) is 0 Å². The van der Waals surface area contributed by atoms with Gasteiger partial charge < -0.3 is 4.74 Å². The lowest BCUT2D eigenvalue weighted by Gasteiger charge is -2.35. The van der Waals surface area contributed by atoms with Gasteiger partial charge in [0.15, 0.2) is 0 Å². The highest BCUT2D eigenvalue weighted by molar-refractivity contribution is 4.82. The Kier molecular flexibility index (Phi) is 3.79. The van der Waals surface area contributed by atoms with Gasteiger partial charge in [-0.3, -0.25) is 11.3 Å². The highest BCUT2D eigenvalue weighted by Gasteiger charge is 2.28. The van der Waals surface area contributed by atoms with E-state index >= 15 is 0 Å². The Labute approximate surface area is 86.4 Å². The van der Waals surface area contributed by atoms with Gasteiger partial charge >= 0.3 is 0 Å². The Hall–Kier alpha value is -0.120. The molecule has 1 aliphatic heterocycles. The first-order chi connectivity index (χ1) is 6.90. The van der Waals surface area contributed by atoms with Crippen LogP contribution in [0, 0.1) is 11.8 Å². The van der Waals surface area contributed by atoms with Crippen LogP contribution < -0.4 is 11.3 Å².